The Labute approximate surface area is 129 Å². The third-order valence-corrected chi connectivity index (χ3v) is 3.24. The molecule has 3 rings (SSSR count). The van der Waals surface area contributed by atoms with Gasteiger partial charge in [0.15, 0.2) is 0 Å². The molecule has 0 radical (unpaired) electrons. The van der Waals surface area contributed by atoms with Crippen LogP contribution in [-0.4, -0.2) is 4.98 Å². The molecular weight excluding hydrogens is 315 g/mol. The molecule has 2 aromatic carbocycles. The van der Waals surface area contributed by atoms with Crippen LogP contribution in [0.25, 0.3) is 22.7 Å². The van der Waals surface area contributed by atoms with Gasteiger partial charge < -0.3 is 4.42 Å². The number of hydrogen-bond donors (Lipinski definition) is 0. The minimum Gasteiger partial charge on any atom is -0.431 e. The maximum Gasteiger partial charge on any atom is 0.451 e. The van der Waals surface area contributed by atoms with Gasteiger partial charge in [0, 0.05) is 16.1 Å². The van der Waals surface area contributed by atoms with Crippen LogP contribution < -0.4 is 0 Å². The molecule has 0 atom stereocenters. The lowest BCUT2D eigenvalue weighted by Gasteiger charge is -2.04. The zero-order valence-electron chi connectivity index (χ0n) is 11.1. The second-order valence-electron chi connectivity index (χ2n) is 4.57. The molecule has 0 unspecified atom stereocenters. The molecule has 0 aliphatic heterocycles. The minimum absolute atomic E-state index is 0.0806. The Morgan fingerprint density at radius 1 is 0.909 bits per heavy atom. The molecule has 0 fully saturated rings. The maximum atomic E-state index is 13.2. The summed E-state index contributed by atoms with van der Waals surface area (Å²) in [5.41, 5.74) is 0.459. The smallest absolute Gasteiger partial charge is 0.431 e. The summed E-state index contributed by atoms with van der Waals surface area (Å²) in [7, 11) is 0. The minimum atomic E-state index is -4.64. The number of alkyl halides is 3. The van der Waals surface area contributed by atoms with Crippen LogP contribution in [0, 0.1) is 0 Å². The fraction of sp³-hybridized carbons (Fsp3) is 0.0625. The number of benzene rings is 2. The molecule has 22 heavy (non-hydrogen) atoms. The molecule has 0 aliphatic carbocycles. The van der Waals surface area contributed by atoms with E-state index in [-0.39, 0.29) is 17.1 Å². The van der Waals surface area contributed by atoms with Crippen LogP contribution >= 0.6 is 11.6 Å². The Hall–Kier alpha value is -2.27. The van der Waals surface area contributed by atoms with E-state index in [0.29, 0.717) is 10.6 Å². The van der Waals surface area contributed by atoms with Gasteiger partial charge in [0.05, 0.1) is 0 Å². The van der Waals surface area contributed by atoms with Gasteiger partial charge in [-0.2, -0.15) is 13.2 Å². The first-order chi connectivity index (χ1) is 10.4. The molecule has 0 amide bonds. The Morgan fingerprint density at radius 3 is 2.23 bits per heavy atom. The van der Waals surface area contributed by atoms with E-state index in [2.05, 4.69) is 4.98 Å². The van der Waals surface area contributed by atoms with Crippen LogP contribution in [0.2, 0.25) is 5.02 Å². The van der Waals surface area contributed by atoms with Crippen LogP contribution in [-0.2, 0) is 6.18 Å². The van der Waals surface area contributed by atoms with Crippen molar-refractivity contribution < 1.29 is 17.6 Å². The Morgan fingerprint density at radius 2 is 1.59 bits per heavy atom. The Bertz CT molecular complexity index is 797. The number of hydrogen-bond acceptors (Lipinski definition) is 2. The van der Waals surface area contributed by atoms with Crippen molar-refractivity contribution in [3.8, 4) is 22.7 Å². The van der Waals surface area contributed by atoms with E-state index in [0.717, 1.165) is 0 Å². The van der Waals surface area contributed by atoms with E-state index in [4.69, 9.17) is 16.0 Å². The van der Waals surface area contributed by atoms with Crippen LogP contribution in [0.5, 0.6) is 0 Å². The average molecular weight is 324 g/mol. The molecule has 2 nitrogen and oxygen atoms in total. The summed E-state index contributed by atoms with van der Waals surface area (Å²) in [6.45, 7) is 0. The average Bonchev–Trinajstić information content (AvgIpc) is 2.93. The van der Waals surface area contributed by atoms with Crippen molar-refractivity contribution in [2.24, 2.45) is 0 Å². The quantitative estimate of drug-likeness (QED) is 0.606. The van der Waals surface area contributed by atoms with E-state index in [1.54, 1.807) is 42.5 Å². The van der Waals surface area contributed by atoms with Crippen molar-refractivity contribution in [1.82, 2.24) is 4.98 Å². The molecule has 0 aliphatic rings. The second kappa shape index (κ2) is 5.50. The number of rotatable bonds is 2. The molecule has 0 N–H and O–H groups in total. The molecule has 3 aromatic rings. The van der Waals surface area contributed by atoms with Crippen molar-refractivity contribution in [3.63, 3.8) is 0 Å². The topological polar surface area (TPSA) is 26.0 Å². The third-order valence-electron chi connectivity index (χ3n) is 3.00. The predicted octanol–water partition coefficient (Wildman–Crippen LogP) is 5.68. The van der Waals surface area contributed by atoms with Gasteiger partial charge in [-0.25, -0.2) is 4.98 Å². The second-order valence-corrected chi connectivity index (χ2v) is 5.01. The molecule has 0 bridgehead atoms. The summed E-state index contributed by atoms with van der Waals surface area (Å²) in [5, 5.41) is 0.329. The van der Waals surface area contributed by atoms with Gasteiger partial charge in [-0.3, -0.25) is 0 Å². The summed E-state index contributed by atoms with van der Waals surface area (Å²) in [6.07, 6.45) is -4.64. The van der Waals surface area contributed by atoms with Crippen molar-refractivity contribution >= 4 is 11.6 Å². The lowest BCUT2D eigenvalue weighted by atomic mass is 10.1. The van der Waals surface area contributed by atoms with Crippen LogP contribution in [0.1, 0.15) is 5.76 Å². The Balaban J connectivity index is 2.18. The van der Waals surface area contributed by atoms with Gasteiger partial charge in [0.25, 0.3) is 0 Å². The highest BCUT2D eigenvalue weighted by molar-refractivity contribution is 6.30. The fourth-order valence-electron chi connectivity index (χ4n) is 2.05. The standard InChI is InChI=1S/C16H9ClF3NO/c17-12-8-4-7-11(9-12)13-14(16(18,19)20)22-15(21-13)10-5-2-1-3-6-10/h1-9H. The van der Waals surface area contributed by atoms with E-state index in [9.17, 15) is 13.2 Å². The first-order valence-corrected chi connectivity index (χ1v) is 6.72. The molecule has 112 valence electrons. The van der Waals surface area contributed by atoms with Crippen LogP contribution in [0.3, 0.4) is 0 Å². The first-order valence-electron chi connectivity index (χ1n) is 6.34. The molecule has 1 aromatic heterocycles. The highest BCUT2D eigenvalue weighted by Gasteiger charge is 2.40. The van der Waals surface area contributed by atoms with E-state index in [1.807, 2.05) is 0 Å². The highest BCUT2D eigenvalue weighted by Crippen LogP contribution is 2.40. The molecule has 0 saturated carbocycles. The third kappa shape index (κ3) is 2.85. The number of aromatic nitrogens is 1. The summed E-state index contributed by atoms with van der Waals surface area (Å²) < 4.78 is 44.6. The fourth-order valence-corrected chi connectivity index (χ4v) is 2.24. The normalized spacial score (nSPS) is 11.6. The lowest BCUT2D eigenvalue weighted by molar-refractivity contribution is -0.152. The van der Waals surface area contributed by atoms with Crippen LogP contribution in [0.4, 0.5) is 13.2 Å². The number of oxazole rings is 1. The molecule has 6 heteroatoms. The van der Waals surface area contributed by atoms with Crippen molar-refractivity contribution in [3.05, 3.63) is 65.4 Å². The van der Waals surface area contributed by atoms with Gasteiger partial charge >= 0.3 is 6.18 Å². The highest BCUT2D eigenvalue weighted by atomic mass is 35.5. The summed E-state index contributed by atoms with van der Waals surface area (Å²) in [5.74, 6) is -1.21. The van der Waals surface area contributed by atoms with Crippen LogP contribution in [0.15, 0.2) is 59.0 Å². The Kier molecular flexibility index (Phi) is 3.66. The number of halogens is 4. The first kappa shape index (κ1) is 14.7. The largest absolute Gasteiger partial charge is 0.451 e. The summed E-state index contributed by atoms with van der Waals surface area (Å²) >= 11 is 5.85. The van der Waals surface area contributed by atoms with Gasteiger partial charge in [-0.1, -0.05) is 41.9 Å². The van der Waals surface area contributed by atoms with Gasteiger partial charge in [-0.15, -0.1) is 0 Å². The zero-order valence-corrected chi connectivity index (χ0v) is 11.8. The van der Waals surface area contributed by atoms with Gasteiger partial charge in [0.1, 0.15) is 5.69 Å². The maximum absolute atomic E-state index is 13.2. The molecular formula is C16H9ClF3NO. The monoisotopic (exact) mass is 323 g/mol. The summed E-state index contributed by atoms with van der Waals surface area (Å²) in [4.78, 5) is 4.01. The van der Waals surface area contributed by atoms with Gasteiger partial charge in [0.2, 0.25) is 11.7 Å². The molecule has 1 heterocycles. The predicted molar refractivity (Wildman–Crippen MR) is 77.4 cm³/mol. The molecule has 0 saturated heterocycles. The van der Waals surface area contributed by atoms with Crippen molar-refractivity contribution in [1.29, 1.82) is 0 Å². The number of nitrogens with zero attached hydrogens (tertiary/aromatic N) is 1. The zero-order chi connectivity index (χ0) is 15.7. The van der Waals surface area contributed by atoms with Gasteiger partial charge in [-0.05, 0) is 24.3 Å². The van der Waals surface area contributed by atoms with E-state index >= 15 is 0 Å². The van der Waals surface area contributed by atoms with Crippen molar-refractivity contribution in [2.75, 3.05) is 0 Å². The summed E-state index contributed by atoms with van der Waals surface area (Å²) in [6, 6.07) is 14.5. The lowest BCUT2D eigenvalue weighted by Crippen LogP contribution is -2.05. The SMILES string of the molecule is FC(F)(F)c1oc(-c2ccccc2)nc1-c1cccc(Cl)c1. The van der Waals surface area contributed by atoms with Crippen molar-refractivity contribution in [2.45, 2.75) is 6.18 Å². The molecule has 0 spiro atoms. The van der Waals surface area contributed by atoms with E-state index < -0.39 is 11.9 Å². The van der Waals surface area contributed by atoms with E-state index in [1.165, 1.54) is 12.1 Å².